The number of hydrogen-bond donors (Lipinski definition) is 2. The maximum absolute atomic E-state index is 11.5. The molecule has 2 aromatic heterocycles. The maximum Gasteiger partial charge on any atom is 0.269 e. The summed E-state index contributed by atoms with van der Waals surface area (Å²) in [5.41, 5.74) is 3.14. The smallest absolute Gasteiger partial charge is 0.269 e. The Morgan fingerprint density at radius 3 is 3.00 bits per heavy atom. The molecule has 1 amide bonds. The van der Waals surface area contributed by atoms with Gasteiger partial charge in [0.05, 0.1) is 5.69 Å². The van der Waals surface area contributed by atoms with Crippen molar-refractivity contribution < 1.29 is 4.79 Å². The minimum atomic E-state index is -0.263. The fraction of sp³-hybridized carbons (Fsp3) is 0.250. The van der Waals surface area contributed by atoms with Crippen molar-refractivity contribution in [2.24, 2.45) is 0 Å². The molecule has 0 fully saturated rings. The summed E-state index contributed by atoms with van der Waals surface area (Å²) < 4.78 is 1.70. The molecular weight excluding hydrogens is 266 g/mol. The number of aromatic nitrogens is 3. The van der Waals surface area contributed by atoms with Gasteiger partial charge in [-0.25, -0.2) is 9.67 Å². The van der Waals surface area contributed by atoms with E-state index in [4.69, 9.17) is 11.6 Å². The number of nitrogens with one attached hydrogen (secondary N) is 2. The molecule has 0 aromatic carbocycles. The van der Waals surface area contributed by atoms with E-state index in [2.05, 4.69) is 20.7 Å². The van der Waals surface area contributed by atoms with E-state index in [9.17, 15) is 4.79 Å². The van der Waals surface area contributed by atoms with E-state index in [-0.39, 0.29) is 16.8 Å². The van der Waals surface area contributed by atoms with Gasteiger partial charge in [0.25, 0.3) is 5.91 Å². The molecule has 3 heterocycles. The molecule has 1 aliphatic heterocycles. The van der Waals surface area contributed by atoms with Crippen LogP contribution in [0.3, 0.4) is 0 Å². The van der Waals surface area contributed by atoms with Gasteiger partial charge in [0.2, 0.25) is 0 Å². The minimum Gasteiger partial charge on any atom is -0.354 e. The quantitative estimate of drug-likeness (QED) is 0.800. The Morgan fingerprint density at radius 2 is 2.32 bits per heavy atom. The largest absolute Gasteiger partial charge is 0.354 e. The number of carbonyl (C=O) groups excluding carboxylic acids is 1. The van der Waals surface area contributed by atoms with Crippen molar-refractivity contribution in [3.8, 4) is 5.69 Å². The Kier molecular flexibility index (Phi) is 2.96. The molecule has 0 atom stereocenters. The highest BCUT2D eigenvalue weighted by molar-refractivity contribution is 6.31. The predicted octanol–water partition coefficient (Wildman–Crippen LogP) is 0.884. The van der Waals surface area contributed by atoms with Gasteiger partial charge >= 0.3 is 0 Å². The number of nitrogens with zero attached hydrogens (tertiary/aromatic N) is 3. The SMILES string of the molecule is CNC(=O)c1ccc(-n2cc3c(n2)CNC3)c(Cl)n1. The van der Waals surface area contributed by atoms with Gasteiger partial charge in [0, 0.05) is 31.9 Å². The third kappa shape index (κ3) is 2.09. The van der Waals surface area contributed by atoms with E-state index < -0.39 is 0 Å². The molecule has 6 nitrogen and oxygen atoms in total. The van der Waals surface area contributed by atoms with E-state index >= 15 is 0 Å². The second kappa shape index (κ2) is 4.64. The molecule has 1 aliphatic rings. The number of halogens is 1. The molecule has 7 heteroatoms. The van der Waals surface area contributed by atoms with Crippen LogP contribution in [0.2, 0.25) is 5.15 Å². The molecule has 2 aromatic rings. The van der Waals surface area contributed by atoms with E-state index in [1.807, 2.05) is 6.20 Å². The van der Waals surface area contributed by atoms with Crippen molar-refractivity contribution in [2.75, 3.05) is 7.05 Å². The number of carbonyl (C=O) groups is 1. The summed E-state index contributed by atoms with van der Waals surface area (Å²) >= 11 is 6.12. The van der Waals surface area contributed by atoms with Crippen molar-refractivity contribution in [1.29, 1.82) is 0 Å². The zero-order chi connectivity index (χ0) is 13.4. The van der Waals surface area contributed by atoms with Crippen LogP contribution in [-0.4, -0.2) is 27.7 Å². The lowest BCUT2D eigenvalue weighted by Gasteiger charge is -2.06. The van der Waals surface area contributed by atoms with Crippen LogP contribution in [0.15, 0.2) is 18.3 Å². The fourth-order valence-electron chi connectivity index (χ4n) is 2.03. The average Bonchev–Trinajstić information content (AvgIpc) is 2.98. The molecule has 0 saturated carbocycles. The van der Waals surface area contributed by atoms with Gasteiger partial charge in [-0.3, -0.25) is 4.79 Å². The van der Waals surface area contributed by atoms with Crippen LogP contribution in [0, 0.1) is 0 Å². The molecular formula is C12H12ClN5O. The molecule has 0 spiro atoms. The summed E-state index contributed by atoms with van der Waals surface area (Å²) in [6.45, 7) is 1.58. The summed E-state index contributed by atoms with van der Waals surface area (Å²) in [6.07, 6.45) is 1.93. The maximum atomic E-state index is 11.5. The third-order valence-corrected chi connectivity index (χ3v) is 3.30. The van der Waals surface area contributed by atoms with Crippen LogP contribution >= 0.6 is 11.6 Å². The summed E-state index contributed by atoms with van der Waals surface area (Å²) in [5.74, 6) is -0.263. The highest BCUT2D eigenvalue weighted by atomic mass is 35.5. The van der Waals surface area contributed by atoms with Crippen molar-refractivity contribution in [2.45, 2.75) is 13.1 Å². The number of hydrogen-bond acceptors (Lipinski definition) is 4. The van der Waals surface area contributed by atoms with Gasteiger partial charge in [0.15, 0.2) is 5.15 Å². The molecule has 0 saturated heterocycles. The Hall–Kier alpha value is -1.92. The lowest BCUT2D eigenvalue weighted by molar-refractivity contribution is 0.0958. The first-order chi connectivity index (χ1) is 9.19. The van der Waals surface area contributed by atoms with Crippen molar-refractivity contribution >= 4 is 17.5 Å². The van der Waals surface area contributed by atoms with Gasteiger partial charge < -0.3 is 10.6 Å². The van der Waals surface area contributed by atoms with E-state index in [0.717, 1.165) is 24.3 Å². The molecule has 2 N–H and O–H groups in total. The van der Waals surface area contributed by atoms with E-state index in [0.29, 0.717) is 5.69 Å². The van der Waals surface area contributed by atoms with Crippen LogP contribution < -0.4 is 10.6 Å². The normalized spacial score (nSPS) is 13.4. The van der Waals surface area contributed by atoms with Gasteiger partial charge in [-0.2, -0.15) is 5.10 Å². The monoisotopic (exact) mass is 277 g/mol. The number of pyridine rings is 1. The summed E-state index contributed by atoms with van der Waals surface area (Å²) in [6, 6.07) is 3.38. The zero-order valence-corrected chi connectivity index (χ0v) is 11.0. The highest BCUT2D eigenvalue weighted by Gasteiger charge is 2.17. The summed E-state index contributed by atoms with van der Waals surface area (Å²) in [4.78, 5) is 15.5. The zero-order valence-electron chi connectivity index (χ0n) is 10.3. The molecule has 19 heavy (non-hydrogen) atoms. The second-order valence-electron chi connectivity index (χ2n) is 4.23. The topological polar surface area (TPSA) is 71.8 Å². The first kappa shape index (κ1) is 12.1. The predicted molar refractivity (Wildman–Crippen MR) is 70.3 cm³/mol. The summed E-state index contributed by atoms with van der Waals surface area (Å²) in [7, 11) is 1.55. The van der Waals surface area contributed by atoms with Gasteiger partial charge in [-0.1, -0.05) is 11.6 Å². The number of rotatable bonds is 2. The Bertz CT molecular complexity index is 630. The second-order valence-corrected chi connectivity index (χ2v) is 4.59. The molecule has 0 bridgehead atoms. The van der Waals surface area contributed by atoms with Crippen molar-refractivity contribution in [3.63, 3.8) is 0 Å². The lowest BCUT2D eigenvalue weighted by atomic mass is 10.3. The summed E-state index contributed by atoms with van der Waals surface area (Å²) in [5, 5.41) is 10.4. The van der Waals surface area contributed by atoms with E-state index in [1.54, 1.807) is 23.9 Å². The molecule has 0 unspecified atom stereocenters. The molecule has 3 rings (SSSR count). The first-order valence-electron chi connectivity index (χ1n) is 5.86. The van der Waals surface area contributed by atoms with Gasteiger partial charge in [-0.05, 0) is 12.1 Å². The Balaban J connectivity index is 1.98. The average molecular weight is 278 g/mol. The van der Waals surface area contributed by atoms with Crippen LogP contribution in [0.4, 0.5) is 0 Å². The Labute approximate surface area is 114 Å². The van der Waals surface area contributed by atoms with Crippen LogP contribution in [0.5, 0.6) is 0 Å². The molecule has 0 aliphatic carbocycles. The lowest BCUT2D eigenvalue weighted by Crippen LogP contribution is -2.19. The number of amides is 1. The van der Waals surface area contributed by atoms with Crippen LogP contribution in [0.25, 0.3) is 5.69 Å². The number of fused-ring (bicyclic) bond motifs is 1. The fourth-order valence-corrected chi connectivity index (χ4v) is 2.27. The minimum absolute atomic E-state index is 0.259. The molecule has 0 radical (unpaired) electrons. The van der Waals surface area contributed by atoms with Crippen molar-refractivity contribution in [3.05, 3.63) is 40.4 Å². The van der Waals surface area contributed by atoms with Gasteiger partial charge in [-0.15, -0.1) is 0 Å². The third-order valence-electron chi connectivity index (χ3n) is 3.02. The Morgan fingerprint density at radius 1 is 1.47 bits per heavy atom. The molecule has 98 valence electrons. The highest BCUT2D eigenvalue weighted by Crippen LogP contribution is 2.21. The van der Waals surface area contributed by atoms with Crippen LogP contribution in [-0.2, 0) is 13.1 Å². The standard InChI is InChI=1S/C12H12ClN5O/c1-14-12(19)8-2-3-10(11(13)16-8)18-6-7-4-15-5-9(7)17-18/h2-3,6,15H,4-5H2,1H3,(H,14,19). The van der Waals surface area contributed by atoms with Gasteiger partial charge in [0.1, 0.15) is 11.4 Å². The van der Waals surface area contributed by atoms with E-state index in [1.165, 1.54) is 0 Å². The first-order valence-corrected chi connectivity index (χ1v) is 6.24. The van der Waals surface area contributed by atoms with Crippen molar-refractivity contribution in [1.82, 2.24) is 25.4 Å². The van der Waals surface area contributed by atoms with Crippen LogP contribution in [0.1, 0.15) is 21.7 Å².